The molecule has 1 aliphatic heterocycles. The van der Waals surface area contributed by atoms with Gasteiger partial charge in [0.25, 0.3) is 0 Å². The number of nitrogens with two attached hydrogens (primary N) is 1. The highest BCUT2D eigenvalue weighted by atomic mass is 16.1. The lowest BCUT2D eigenvalue weighted by Crippen LogP contribution is -2.52. The zero-order valence-electron chi connectivity index (χ0n) is 13.0. The Bertz CT molecular complexity index is 303. The van der Waals surface area contributed by atoms with Gasteiger partial charge in [0.05, 0.1) is 6.04 Å². The van der Waals surface area contributed by atoms with Crippen LogP contribution in [0.4, 0.5) is 0 Å². The summed E-state index contributed by atoms with van der Waals surface area (Å²) in [5, 5.41) is 3.27. The van der Waals surface area contributed by atoms with Gasteiger partial charge in [0.2, 0.25) is 5.91 Å². The summed E-state index contributed by atoms with van der Waals surface area (Å²) in [4.78, 5) is 13.9. The van der Waals surface area contributed by atoms with Gasteiger partial charge in [0.15, 0.2) is 0 Å². The maximum atomic E-state index is 11.5. The summed E-state index contributed by atoms with van der Waals surface area (Å²) in [6.07, 6.45) is 10.8. The van der Waals surface area contributed by atoms with Crippen molar-refractivity contribution in [1.82, 2.24) is 10.2 Å². The predicted molar refractivity (Wildman–Crippen MR) is 82.5 cm³/mol. The van der Waals surface area contributed by atoms with Crippen LogP contribution in [0.3, 0.4) is 0 Å². The van der Waals surface area contributed by atoms with Crippen LogP contribution in [0.2, 0.25) is 0 Å². The predicted octanol–water partition coefficient (Wildman–Crippen LogP) is 1.89. The van der Waals surface area contributed by atoms with Gasteiger partial charge in [0.1, 0.15) is 0 Å². The Balaban J connectivity index is 1.78. The molecule has 2 rings (SSSR count). The molecule has 1 spiro atoms. The zero-order valence-corrected chi connectivity index (χ0v) is 13.0. The number of carbonyl (C=O) groups excluding carboxylic acids is 1. The summed E-state index contributed by atoms with van der Waals surface area (Å²) in [6.45, 7) is 6.03. The maximum Gasteiger partial charge on any atom is 0.235 e. The fraction of sp³-hybridized carbons (Fsp3) is 0.938. The van der Waals surface area contributed by atoms with Crippen LogP contribution in [0, 0.1) is 5.41 Å². The third kappa shape index (κ3) is 4.19. The van der Waals surface area contributed by atoms with Crippen LogP contribution in [-0.2, 0) is 4.79 Å². The van der Waals surface area contributed by atoms with E-state index in [4.69, 9.17) is 5.73 Å². The second-order valence-electron chi connectivity index (χ2n) is 6.77. The third-order valence-corrected chi connectivity index (χ3v) is 5.26. The standard InChI is InChI=1S/C16H31N3O/c1-2-10-18-14(15(17)20)13-19-11-8-16(9-12-19)6-4-3-5-7-16/h14,18H,2-13H2,1H3,(H2,17,20). The SMILES string of the molecule is CCCNC(CN1CCC2(CCCCC2)CC1)C(N)=O. The number of likely N-dealkylation sites (tertiary alicyclic amines) is 1. The van der Waals surface area contributed by atoms with E-state index in [9.17, 15) is 4.79 Å². The largest absolute Gasteiger partial charge is 0.368 e. The Morgan fingerprint density at radius 1 is 1.20 bits per heavy atom. The van der Waals surface area contributed by atoms with Gasteiger partial charge in [-0.25, -0.2) is 0 Å². The number of rotatable bonds is 6. The Hall–Kier alpha value is -0.610. The number of piperidine rings is 1. The van der Waals surface area contributed by atoms with Gasteiger partial charge in [-0.1, -0.05) is 26.2 Å². The number of nitrogens with one attached hydrogen (secondary N) is 1. The van der Waals surface area contributed by atoms with Crippen LogP contribution in [0.1, 0.15) is 58.3 Å². The van der Waals surface area contributed by atoms with Crippen molar-refractivity contribution in [2.45, 2.75) is 64.3 Å². The molecule has 0 radical (unpaired) electrons. The van der Waals surface area contributed by atoms with Crippen molar-refractivity contribution < 1.29 is 4.79 Å². The molecule has 1 heterocycles. The van der Waals surface area contributed by atoms with Crippen LogP contribution in [0.25, 0.3) is 0 Å². The van der Waals surface area contributed by atoms with Gasteiger partial charge < -0.3 is 16.0 Å². The summed E-state index contributed by atoms with van der Waals surface area (Å²) in [5.74, 6) is -0.212. The molecule has 0 aromatic carbocycles. The first kappa shape index (κ1) is 15.8. The number of hydrogen-bond acceptors (Lipinski definition) is 3. The molecule has 1 saturated carbocycles. The van der Waals surface area contributed by atoms with Crippen molar-refractivity contribution in [2.24, 2.45) is 11.1 Å². The van der Waals surface area contributed by atoms with Crippen molar-refractivity contribution >= 4 is 5.91 Å². The van der Waals surface area contributed by atoms with Gasteiger partial charge in [-0.05, 0) is 57.2 Å². The molecule has 2 aliphatic rings. The van der Waals surface area contributed by atoms with E-state index < -0.39 is 0 Å². The first-order valence-corrected chi connectivity index (χ1v) is 8.40. The Labute approximate surface area is 123 Å². The van der Waals surface area contributed by atoms with E-state index in [1.807, 2.05) is 0 Å². The lowest BCUT2D eigenvalue weighted by molar-refractivity contribution is -0.120. The van der Waals surface area contributed by atoms with Gasteiger partial charge in [-0.15, -0.1) is 0 Å². The molecule has 0 bridgehead atoms. The second-order valence-corrected chi connectivity index (χ2v) is 6.77. The minimum Gasteiger partial charge on any atom is -0.368 e. The third-order valence-electron chi connectivity index (χ3n) is 5.26. The summed E-state index contributed by atoms with van der Waals surface area (Å²) < 4.78 is 0. The second kappa shape index (κ2) is 7.41. The Kier molecular flexibility index (Phi) is 5.85. The number of primary amides is 1. The molecule has 1 aliphatic carbocycles. The summed E-state index contributed by atoms with van der Waals surface area (Å²) in [7, 11) is 0. The van der Waals surface area contributed by atoms with Crippen molar-refractivity contribution in [3.05, 3.63) is 0 Å². The summed E-state index contributed by atoms with van der Waals surface area (Å²) in [6, 6.07) is -0.185. The topological polar surface area (TPSA) is 58.4 Å². The number of hydrogen-bond donors (Lipinski definition) is 2. The first-order valence-electron chi connectivity index (χ1n) is 8.40. The Morgan fingerprint density at radius 3 is 2.40 bits per heavy atom. The zero-order chi connectivity index (χ0) is 14.4. The van der Waals surface area contributed by atoms with Gasteiger partial charge in [-0.3, -0.25) is 4.79 Å². The minimum atomic E-state index is -0.212. The number of amides is 1. The normalized spacial score (nSPS) is 24.6. The fourth-order valence-corrected chi connectivity index (χ4v) is 3.84. The van der Waals surface area contributed by atoms with Crippen molar-refractivity contribution in [3.63, 3.8) is 0 Å². The van der Waals surface area contributed by atoms with Gasteiger partial charge in [0, 0.05) is 6.54 Å². The van der Waals surface area contributed by atoms with Crippen LogP contribution < -0.4 is 11.1 Å². The quantitative estimate of drug-likeness (QED) is 0.781. The van der Waals surface area contributed by atoms with Crippen LogP contribution >= 0.6 is 0 Å². The molecule has 1 unspecified atom stereocenters. The molecule has 4 heteroatoms. The summed E-state index contributed by atoms with van der Waals surface area (Å²) >= 11 is 0. The van der Waals surface area contributed by atoms with E-state index in [0.29, 0.717) is 5.41 Å². The fourth-order valence-electron chi connectivity index (χ4n) is 3.84. The first-order chi connectivity index (χ1) is 9.65. The lowest BCUT2D eigenvalue weighted by atomic mass is 9.68. The molecule has 1 atom stereocenters. The monoisotopic (exact) mass is 281 g/mol. The molecular weight excluding hydrogens is 250 g/mol. The van der Waals surface area contributed by atoms with Crippen LogP contribution in [0.5, 0.6) is 0 Å². The molecule has 2 fully saturated rings. The van der Waals surface area contributed by atoms with E-state index in [-0.39, 0.29) is 11.9 Å². The van der Waals surface area contributed by atoms with Crippen LogP contribution in [-0.4, -0.2) is 43.0 Å². The van der Waals surface area contributed by atoms with Gasteiger partial charge >= 0.3 is 0 Å². The number of carbonyl (C=O) groups is 1. The molecule has 3 N–H and O–H groups in total. The van der Waals surface area contributed by atoms with Crippen molar-refractivity contribution in [1.29, 1.82) is 0 Å². The molecule has 20 heavy (non-hydrogen) atoms. The molecular formula is C16H31N3O. The number of nitrogens with zero attached hydrogens (tertiary/aromatic N) is 1. The molecule has 4 nitrogen and oxygen atoms in total. The maximum absolute atomic E-state index is 11.5. The molecule has 0 aromatic heterocycles. The summed E-state index contributed by atoms with van der Waals surface area (Å²) in [5.41, 5.74) is 6.14. The van der Waals surface area contributed by atoms with E-state index in [1.165, 1.54) is 44.9 Å². The highest BCUT2D eigenvalue weighted by Gasteiger charge is 2.36. The highest BCUT2D eigenvalue weighted by molar-refractivity contribution is 5.80. The van der Waals surface area contributed by atoms with E-state index >= 15 is 0 Å². The molecule has 0 aromatic rings. The van der Waals surface area contributed by atoms with Crippen LogP contribution in [0.15, 0.2) is 0 Å². The average Bonchev–Trinajstić information content (AvgIpc) is 2.46. The highest BCUT2D eigenvalue weighted by Crippen LogP contribution is 2.44. The Morgan fingerprint density at radius 2 is 1.85 bits per heavy atom. The van der Waals surface area contributed by atoms with E-state index in [2.05, 4.69) is 17.1 Å². The molecule has 1 saturated heterocycles. The lowest BCUT2D eigenvalue weighted by Gasteiger charge is -2.44. The van der Waals surface area contributed by atoms with Crippen molar-refractivity contribution in [2.75, 3.05) is 26.2 Å². The van der Waals surface area contributed by atoms with E-state index in [0.717, 1.165) is 32.6 Å². The minimum absolute atomic E-state index is 0.185. The van der Waals surface area contributed by atoms with Crippen molar-refractivity contribution in [3.8, 4) is 0 Å². The molecule has 1 amide bonds. The smallest absolute Gasteiger partial charge is 0.235 e. The molecule has 116 valence electrons. The van der Waals surface area contributed by atoms with E-state index in [1.54, 1.807) is 0 Å². The average molecular weight is 281 g/mol. The van der Waals surface area contributed by atoms with Gasteiger partial charge in [-0.2, -0.15) is 0 Å².